The Bertz CT molecular complexity index is 362. The van der Waals surface area contributed by atoms with Gasteiger partial charge in [-0.25, -0.2) is 11.7 Å². The first-order valence-electron chi connectivity index (χ1n) is 5.21. The van der Waals surface area contributed by atoms with E-state index in [0.717, 1.165) is 5.56 Å². The maximum Gasteiger partial charge on any atom is 0.234 e. The molecule has 0 fully saturated rings. The summed E-state index contributed by atoms with van der Waals surface area (Å²) >= 11 is 0. The molecule has 92 valence electrons. The van der Waals surface area contributed by atoms with Crippen molar-refractivity contribution < 1.29 is 9.59 Å². The number of hydrogen-bond donors (Lipinski definition) is 4. The number of carbonyl (C=O) groups excluding carboxylic acids is 2. The summed E-state index contributed by atoms with van der Waals surface area (Å²) in [6.07, 6.45) is 0.294. The van der Waals surface area contributed by atoms with Crippen molar-refractivity contribution in [3.8, 4) is 0 Å². The van der Waals surface area contributed by atoms with Gasteiger partial charge in [0.1, 0.15) is 0 Å². The van der Waals surface area contributed by atoms with Gasteiger partial charge >= 0.3 is 0 Å². The van der Waals surface area contributed by atoms with Crippen molar-refractivity contribution in [1.82, 2.24) is 10.9 Å². The molecule has 0 aliphatic carbocycles. The van der Waals surface area contributed by atoms with Crippen LogP contribution in [-0.2, 0) is 9.59 Å². The van der Waals surface area contributed by atoms with E-state index < -0.39 is 0 Å². The second-order valence-corrected chi connectivity index (χ2v) is 3.65. The highest BCUT2D eigenvalue weighted by molar-refractivity contribution is 5.80. The fourth-order valence-electron chi connectivity index (χ4n) is 1.60. The lowest BCUT2D eigenvalue weighted by Crippen LogP contribution is -2.34. The van der Waals surface area contributed by atoms with Crippen LogP contribution in [0, 0.1) is 0 Å². The van der Waals surface area contributed by atoms with Gasteiger partial charge in [0.2, 0.25) is 11.8 Å². The first-order valence-corrected chi connectivity index (χ1v) is 5.21. The summed E-state index contributed by atoms with van der Waals surface area (Å²) < 4.78 is 0. The van der Waals surface area contributed by atoms with Crippen LogP contribution in [-0.4, -0.2) is 11.8 Å². The fraction of sp³-hybridized carbons (Fsp3) is 0.273. The van der Waals surface area contributed by atoms with Crippen LogP contribution in [0.1, 0.15) is 24.3 Å². The van der Waals surface area contributed by atoms with Crippen molar-refractivity contribution in [2.75, 3.05) is 0 Å². The van der Waals surface area contributed by atoms with Crippen LogP contribution in [0.25, 0.3) is 0 Å². The molecule has 6 heteroatoms. The fourth-order valence-corrected chi connectivity index (χ4v) is 1.60. The molecule has 0 bridgehead atoms. The van der Waals surface area contributed by atoms with Crippen molar-refractivity contribution in [3.05, 3.63) is 35.9 Å². The van der Waals surface area contributed by atoms with Gasteiger partial charge in [-0.15, -0.1) is 0 Å². The van der Waals surface area contributed by atoms with Crippen LogP contribution in [0.3, 0.4) is 0 Å². The molecule has 0 saturated heterocycles. The number of nitrogens with two attached hydrogens (primary N) is 2. The molecule has 0 unspecified atom stereocenters. The number of hydrogen-bond acceptors (Lipinski definition) is 4. The Hall–Kier alpha value is -1.92. The number of carbonyl (C=O) groups is 2. The van der Waals surface area contributed by atoms with E-state index in [-0.39, 0.29) is 30.6 Å². The third kappa shape index (κ3) is 4.21. The summed E-state index contributed by atoms with van der Waals surface area (Å²) in [7, 11) is 0. The second-order valence-electron chi connectivity index (χ2n) is 3.65. The van der Waals surface area contributed by atoms with Crippen molar-refractivity contribution in [3.63, 3.8) is 0 Å². The largest absolute Gasteiger partial charge is 0.294 e. The van der Waals surface area contributed by atoms with E-state index in [0.29, 0.717) is 0 Å². The van der Waals surface area contributed by atoms with Gasteiger partial charge < -0.3 is 0 Å². The van der Waals surface area contributed by atoms with Crippen LogP contribution in [0.5, 0.6) is 0 Å². The van der Waals surface area contributed by atoms with Crippen LogP contribution in [0.15, 0.2) is 30.3 Å². The SMILES string of the molecule is NNC(=O)CC(CC(=O)NN)c1ccccc1. The Morgan fingerprint density at radius 2 is 1.47 bits per heavy atom. The molecule has 0 aromatic heterocycles. The molecular weight excluding hydrogens is 220 g/mol. The molecule has 0 atom stereocenters. The standard InChI is InChI=1S/C11H16N4O2/c12-14-10(16)6-9(7-11(17)15-13)8-4-2-1-3-5-8/h1-5,9H,6-7,12-13H2,(H,14,16)(H,15,17). The quantitative estimate of drug-likeness (QED) is 0.314. The lowest BCUT2D eigenvalue weighted by Gasteiger charge is -2.15. The molecule has 0 radical (unpaired) electrons. The van der Waals surface area contributed by atoms with E-state index in [2.05, 4.69) is 10.9 Å². The number of nitrogens with one attached hydrogen (secondary N) is 2. The van der Waals surface area contributed by atoms with Crippen molar-refractivity contribution >= 4 is 11.8 Å². The van der Waals surface area contributed by atoms with Crippen LogP contribution >= 0.6 is 0 Å². The molecule has 0 spiro atoms. The zero-order valence-electron chi connectivity index (χ0n) is 9.35. The Labute approximate surface area is 99.3 Å². The smallest absolute Gasteiger partial charge is 0.234 e. The molecule has 17 heavy (non-hydrogen) atoms. The average Bonchev–Trinajstić information content (AvgIpc) is 2.38. The van der Waals surface area contributed by atoms with E-state index in [1.165, 1.54) is 0 Å². The number of amides is 2. The summed E-state index contributed by atoms with van der Waals surface area (Å²) in [6.45, 7) is 0. The van der Waals surface area contributed by atoms with Gasteiger partial charge in [0.15, 0.2) is 0 Å². The van der Waals surface area contributed by atoms with Crippen molar-refractivity contribution in [2.45, 2.75) is 18.8 Å². The molecule has 1 aromatic carbocycles. The van der Waals surface area contributed by atoms with E-state index in [1.807, 2.05) is 30.3 Å². The number of hydrazine groups is 2. The molecule has 0 heterocycles. The molecule has 2 amide bonds. The van der Waals surface area contributed by atoms with Gasteiger partial charge in [0.25, 0.3) is 0 Å². The molecule has 0 aliphatic heterocycles. The lowest BCUT2D eigenvalue weighted by atomic mass is 9.92. The highest BCUT2D eigenvalue weighted by Crippen LogP contribution is 2.22. The van der Waals surface area contributed by atoms with Crippen molar-refractivity contribution in [1.29, 1.82) is 0 Å². The van der Waals surface area contributed by atoms with E-state index in [4.69, 9.17) is 11.7 Å². The molecule has 1 rings (SSSR count). The third-order valence-electron chi connectivity index (χ3n) is 2.46. The summed E-state index contributed by atoms with van der Waals surface area (Å²) in [4.78, 5) is 22.5. The maximum absolute atomic E-state index is 11.3. The Morgan fingerprint density at radius 3 is 1.88 bits per heavy atom. The van der Waals surface area contributed by atoms with E-state index in [1.54, 1.807) is 0 Å². The number of benzene rings is 1. The third-order valence-corrected chi connectivity index (χ3v) is 2.46. The minimum absolute atomic E-state index is 0.147. The summed E-state index contributed by atoms with van der Waals surface area (Å²) in [5.74, 6) is 9.21. The highest BCUT2D eigenvalue weighted by atomic mass is 16.2. The molecule has 6 nitrogen and oxygen atoms in total. The normalized spacial score (nSPS) is 10.1. The van der Waals surface area contributed by atoms with Gasteiger partial charge in [0, 0.05) is 18.8 Å². The topological polar surface area (TPSA) is 110 Å². The van der Waals surface area contributed by atoms with E-state index in [9.17, 15) is 9.59 Å². The lowest BCUT2D eigenvalue weighted by molar-refractivity contribution is -0.123. The van der Waals surface area contributed by atoms with Gasteiger partial charge in [-0.1, -0.05) is 30.3 Å². The zero-order chi connectivity index (χ0) is 12.7. The summed E-state index contributed by atoms with van der Waals surface area (Å²) in [6, 6.07) is 9.29. The first kappa shape index (κ1) is 13.1. The predicted octanol–water partition coefficient (Wildman–Crippen LogP) is -0.470. The Balaban J connectivity index is 2.79. The van der Waals surface area contributed by atoms with Gasteiger partial charge in [-0.05, 0) is 5.56 Å². The average molecular weight is 236 g/mol. The monoisotopic (exact) mass is 236 g/mol. The first-order chi connectivity index (χ1) is 8.17. The highest BCUT2D eigenvalue weighted by Gasteiger charge is 2.18. The van der Waals surface area contributed by atoms with Crippen molar-refractivity contribution in [2.24, 2.45) is 11.7 Å². The van der Waals surface area contributed by atoms with E-state index >= 15 is 0 Å². The Kier molecular flexibility index (Phi) is 5.12. The maximum atomic E-state index is 11.3. The molecule has 1 aromatic rings. The number of rotatable bonds is 5. The Morgan fingerprint density at radius 1 is 1.00 bits per heavy atom. The van der Waals surface area contributed by atoms with Crippen LogP contribution in [0.4, 0.5) is 0 Å². The molecule has 0 aliphatic rings. The van der Waals surface area contributed by atoms with Gasteiger partial charge in [-0.2, -0.15) is 0 Å². The van der Waals surface area contributed by atoms with Gasteiger partial charge in [-0.3, -0.25) is 20.4 Å². The van der Waals surface area contributed by atoms with Crippen LogP contribution in [0.2, 0.25) is 0 Å². The predicted molar refractivity (Wildman–Crippen MR) is 63.1 cm³/mol. The molecule has 0 saturated carbocycles. The minimum atomic E-state index is -0.316. The molecular formula is C11H16N4O2. The molecule has 6 N–H and O–H groups in total. The second kappa shape index (κ2) is 6.62. The zero-order valence-corrected chi connectivity index (χ0v) is 9.35. The summed E-state index contributed by atoms with van der Waals surface area (Å²) in [5, 5.41) is 0. The minimum Gasteiger partial charge on any atom is -0.294 e. The summed E-state index contributed by atoms with van der Waals surface area (Å²) in [5.41, 5.74) is 5.01. The van der Waals surface area contributed by atoms with Crippen LogP contribution < -0.4 is 22.5 Å². The van der Waals surface area contributed by atoms with Gasteiger partial charge in [0.05, 0.1) is 0 Å².